The zero-order valence-electron chi connectivity index (χ0n) is 15.8. The lowest BCUT2D eigenvalue weighted by Gasteiger charge is -2.11. The van der Waals surface area contributed by atoms with Gasteiger partial charge in [-0.15, -0.1) is 10.2 Å². The molecule has 5 rings (SSSR count). The van der Waals surface area contributed by atoms with Gasteiger partial charge in [-0.2, -0.15) is 0 Å². The third-order valence-corrected chi connectivity index (χ3v) is 6.63. The first-order valence-corrected chi connectivity index (χ1v) is 10.9. The third kappa shape index (κ3) is 3.40. The summed E-state index contributed by atoms with van der Waals surface area (Å²) in [4.78, 5) is 4.75. The van der Waals surface area contributed by atoms with E-state index in [2.05, 4.69) is 14.8 Å². The summed E-state index contributed by atoms with van der Waals surface area (Å²) in [6.45, 7) is 2.02. The van der Waals surface area contributed by atoms with Gasteiger partial charge in [0.1, 0.15) is 5.82 Å². The van der Waals surface area contributed by atoms with E-state index >= 15 is 0 Å². The summed E-state index contributed by atoms with van der Waals surface area (Å²) < 4.78 is 16.4. The largest absolute Gasteiger partial charge is 0.299 e. The van der Waals surface area contributed by atoms with E-state index in [1.807, 2.05) is 37.3 Å². The van der Waals surface area contributed by atoms with Gasteiger partial charge < -0.3 is 0 Å². The van der Waals surface area contributed by atoms with Gasteiger partial charge in [-0.3, -0.25) is 9.55 Å². The molecule has 1 saturated carbocycles. The zero-order chi connectivity index (χ0) is 20.0. The highest BCUT2D eigenvalue weighted by atomic mass is 35.5. The fourth-order valence-electron chi connectivity index (χ4n) is 3.51. The second-order valence-corrected chi connectivity index (χ2v) is 8.51. The number of hydrogen-bond acceptors (Lipinski definition) is 4. The summed E-state index contributed by atoms with van der Waals surface area (Å²) in [6, 6.07) is 15.0. The highest BCUT2D eigenvalue weighted by Crippen LogP contribution is 2.42. The van der Waals surface area contributed by atoms with Crippen LogP contribution in [-0.4, -0.2) is 19.7 Å². The molecule has 2 aromatic heterocycles. The number of thioether (sulfide) groups is 1. The maximum absolute atomic E-state index is 14.3. The lowest BCUT2D eigenvalue weighted by atomic mass is 10.1. The maximum Gasteiger partial charge on any atom is 0.192 e. The summed E-state index contributed by atoms with van der Waals surface area (Å²) in [5, 5.41) is 11.2. The van der Waals surface area contributed by atoms with Crippen LogP contribution in [0.25, 0.3) is 22.3 Å². The topological polar surface area (TPSA) is 43.6 Å². The van der Waals surface area contributed by atoms with Crippen LogP contribution in [0.15, 0.2) is 53.7 Å². The van der Waals surface area contributed by atoms with E-state index in [4.69, 9.17) is 16.6 Å². The number of pyridine rings is 1. The van der Waals surface area contributed by atoms with Crippen LogP contribution in [0.5, 0.6) is 0 Å². The normalized spacial score (nSPS) is 13.9. The highest BCUT2D eigenvalue weighted by molar-refractivity contribution is 7.98. The summed E-state index contributed by atoms with van der Waals surface area (Å²) in [7, 11) is 0. The minimum Gasteiger partial charge on any atom is -0.299 e. The van der Waals surface area contributed by atoms with Crippen LogP contribution < -0.4 is 0 Å². The van der Waals surface area contributed by atoms with Crippen LogP contribution in [-0.2, 0) is 5.75 Å². The van der Waals surface area contributed by atoms with Crippen molar-refractivity contribution in [2.75, 3.05) is 0 Å². The molecule has 29 heavy (non-hydrogen) atoms. The molecule has 1 fully saturated rings. The fourth-order valence-corrected chi connectivity index (χ4v) is 4.75. The van der Waals surface area contributed by atoms with E-state index < -0.39 is 0 Å². The van der Waals surface area contributed by atoms with Crippen LogP contribution in [0.2, 0.25) is 5.02 Å². The molecule has 1 aliphatic carbocycles. The average Bonchev–Trinajstić information content (AvgIpc) is 3.49. The van der Waals surface area contributed by atoms with Crippen LogP contribution >= 0.6 is 23.4 Å². The number of benzene rings is 2. The van der Waals surface area contributed by atoms with Gasteiger partial charge >= 0.3 is 0 Å². The molecule has 2 aromatic carbocycles. The second-order valence-electron chi connectivity index (χ2n) is 7.19. The molecule has 1 aliphatic rings. The molecule has 0 atom stereocenters. The van der Waals surface area contributed by atoms with Gasteiger partial charge in [0, 0.05) is 17.2 Å². The zero-order valence-corrected chi connectivity index (χ0v) is 17.3. The predicted octanol–water partition coefficient (Wildman–Crippen LogP) is 6.22. The monoisotopic (exact) mass is 424 g/mol. The second kappa shape index (κ2) is 7.43. The van der Waals surface area contributed by atoms with Crippen LogP contribution in [0.3, 0.4) is 0 Å². The first-order chi connectivity index (χ1) is 14.1. The van der Waals surface area contributed by atoms with E-state index in [0.717, 1.165) is 40.2 Å². The summed E-state index contributed by atoms with van der Waals surface area (Å²) in [5.41, 5.74) is 3.27. The quantitative estimate of drug-likeness (QED) is 0.356. The van der Waals surface area contributed by atoms with Gasteiger partial charge in [0.05, 0.1) is 21.8 Å². The molecule has 0 spiro atoms. The van der Waals surface area contributed by atoms with Crippen molar-refractivity contribution in [3.8, 4) is 11.4 Å². The Morgan fingerprint density at radius 3 is 2.66 bits per heavy atom. The number of para-hydroxylation sites is 1. The number of fused-ring (bicyclic) bond motifs is 1. The first-order valence-electron chi connectivity index (χ1n) is 9.50. The molecule has 4 aromatic rings. The Morgan fingerprint density at radius 1 is 1.10 bits per heavy atom. The van der Waals surface area contributed by atoms with Crippen LogP contribution in [0, 0.1) is 12.7 Å². The molecule has 4 nitrogen and oxygen atoms in total. The number of rotatable bonds is 5. The molecule has 0 N–H and O–H groups in total. The van der Waals surface area contributed by atoms with E-state index in [-0.39, 0.29) is 5.82 Å². The molecule has 0 unspecified atom stereocenters. The van der Waals surface area contributed by atoms with Crippen molar-refractivity contribution in [2.24, 2.45) is 0 Å². The Morgan fingerprint density at radius 2 is 1.86 bits per heavy atom. The smallest absolute Gasteiger partial charge is 0.192 e. The minimum absolute atomic E-state index is 0.284. The third-order valence-electron chi connectivity index (χ3n) is 5.18. The lowest BCUT2D eigenvalue weighted by molar-refractivity contribution is 0.622. The van der Waals surface area contributed by atoms with Crippen LogP contribution in [0.1, 0.15) is 30.1 Å². The van der Waals surface area contributed by atoms with Gasteiger partial charge in [-0.05, 0) is 43.5 Å². The van der Waals surface area contributed by atoms with Gasteiger partial charge in [0.2, 0.25) is 0 Å². The average molecular weight is 425 g/mol. The molecular weight excluding hydrogens is 407 g/mol. The number of nitrogens with zero attached hydrogens (tertiary/aromatic N) is 4. The van der Waals surface area contributed by atoms with Gasteiger partial charge in [0.15, 0.2) is 11.0 Å². The predicted molar refractivity (Wildman–Crippen MR) is 115 cm³/mol. The van der Waals surface area contributed by atoms with Crippen molar-refractivity contribution in [1.82, 2.24) is 19.7 Å². The number of aromatic nitrogens is 4. The number of hydrogen-bond donors (Lipinski definition) is 0. The Kier molecular flexibility index (Phi) is 4.76. The van der Waals surface area contributed by atoms with Crippen molar-refractivity contribution in [3.05, 3.63) is 70.6 Å². The lowest BCUT2D eigenvalue weighted by Crippen LogP contribution is -2.01. The number of halogens is 2. The molecule has 0 aliphatic heterocycles. The van der Waals surface area contributed by atoms with Gasteiger partial charge in [-0.25, -0.2) is 4.39 Å². The van der Waals surface area contributed by atoms with E-state index in [0.29, 0.717) is 28.2 Å². The van der Waals surface area contributed by atoms with Crippen molar-refractivity contribution in [3.63, 3.8) is 0 Å². The highest BCUT2D eigenvalue weighted by Gasteiger charge is 2.31. The van der Waals surface area contributed by atoms with Crippen molar-refractivity contribution in [2.45, 2.75) is 36.7 Å². The Bertz CT molecular complexity index is 1220. The standard InChI is InChI=1S/C22H18ClFN4S/c1-13-15-6-3-5-9-18(15)25-19(20(13)23)12-29-22-27-26-21(28(22)14-10-11-14)16-7-2-4-8-17(16)24/h2-9,14H,10-12H2,1H3. The van der Waals surface area contributed by atoms with Gasteiger partial charge in [0.25, 0.3) is 0 Å². The van der Waals surface area contributed by atoms with Gasteiger partial charge in [-0.1, -0.05) is 53.7 Å². The molecular formula is C22H18ClFN4S. The summed E-state index contributed by atoms with van der Waals surface area (Å²) in [5.74, 6) is 0.877. The van der Waals surface area contributed by atoms with Crippen molar-refractivity contribution < 1.29 is 4.39 Å². The Balaban J connectivity index is 1.49. The Labute approximate surface area is 177 Å². The molecule has 0 radical (unpaired) electrons. The SMILES string of the molecule is Cc1c(Cl)c(CSc2nnc(-c3ccccc3F)n2C2CC2)nc2ccccc12. The molecule has 0 saturated heterocycles. The minimum atomic E-state index is -0.284. The van der Waals surface area contributed by atoms with E-state index in [9.17, 15) is 4.39 Å². The van der Waals surface area contributed by atoms with Crippen molar-refractivity contribution in [1.29, 1.82) is 0 Å². The molecule has 146 valence electrons. The molecule has 2 heterocycles. The molecule has 7 heteroatoms. The summed E-state index contributed by atoms with van der Waals surface area (Å²) >= 11 is 8.15. The molecule has 0 amide bonds. The van der Waals surface area contributed by atoms with E-state index in [1.165, 1.54) is 6.07 Å². The molecule has 0 bridgehead atoms. The summed E-state index contributed by atoms with van der Waals surface area (Å²) in [6.07, 6.45) is 2.11. The first kappa shape index (κ1) is 18.6. The van der Waals surface area contributed by atoms with Crippen molar-refractivity contribution >= 4 is 34.3 Å². The Hall–Kier alpha value is -2.44. The van der Waals surface area contributed by atoms with Crippen LogP contribution in [0.4, 0.5) is 4.39 Å². The fraction of sp³-hybridized carbons (Fsp3) is 0.227. The number of aryl methyl sites for hydroxylation is 1. The van der Waals surface area contributed by atoms with E-state index in [1.54, 1.807) is 23.9 Å². The maximum atomic E-state index is 14.3.